The molecule has 0 atom stereocenters. The summed E-state index contributed by atoms with van der Waals surface area (Å²) in [5.41, 5.74) is 4.44. The maximum absolute atomic E-state index is 6.21. The summed E-state index contributed by atoms with van der Waals surface area (Å²) in [4.78, 5) is 0. The van der Waals surface area contributed by atoms with Crippen LogP contribution in [-0.4, -0.2) is 6.61 Å². The number of hydrogen-bond donors (Lipinski definition) is 1. The van der Waals surface area contributed by atoms with E-state index in [9.17, 15) is 0 Å². The lowest BCUT2D eigenvalue weighted by atomic mass is 10.1. The Hall–Kier alpha value is -2.65. The molecule has 0 bridgehead atoms. The van der Waals surface area contributed by atoms with Gasteiger partial charge in [-0.05, 0) is 49.2 Å². The number of ether oxygens (including phenoxy) is 2. The van der Waals surface area contributed by atoms with Crippen molar-refractivity contribution in [1.29, 1.82) is 0 Å². The highest BCUT2D eigenvalue weighted by molar-refractivity contribution is 6.31. The van der Waals surface area contributed by atoms with Crippen molar-refractivity contribution in [3.63, 3.8) is 0 Å². The van der Waals surface area contributed by atoms with Gasteiger partial charge in [-0.2, -0.15) is 0 Å². The van der Waals surface area contributed by atoms with Crippen LogP contribution >= 0.6 is 11.6 Å². The van der Waals surface area contributed by atoms with Gasteiger partial charge in [-0.25, -0.2) is 0 Å². The maximum atomic E-state index is 6.21. The third kappa shape index (κ3) is 5.18. The summed E-state index contributed by atoms with van der Waals surface area (Å²) in [6.07, 6.45) is 0. The minimum absolute atomic E-state index is 0.403. The zero-order valence-electron chi connectivity index (χ0n) is 15.7. The molecule has 0 spiro atoms. The highest BCUT2D eigenvalue weighted by Gasteiger charge is 2.09. The second kappa shape index (κ2) is 9.33. The van der Waals surface area contributed by atoms with Crippen LogP contribution in [0, 0.1) is 6.92 Å². The normalized spacial score (nSPS) is 10.5. The minimum Gasteiger partial charge on any atom is -0.490 e. The number of rotatable bonds is 8. The Bertz CT molecular complexity index is 895. The third-order valence-corrected chi connectivity index (χ3v) is 4.65. The number of hydrogen-bond acceptors (Lipinski definition) is 3. The fraction of sp³-hybridized carbons (Fsp3) is 0.217. The van der Waals surface area contributed by atoms with Gasteiger partial charge in [-0.15, -0.1) is 0 Å². The first kappa shape index (κ1) is 19.1. The molecule has 0 amide bonds. The van der Waals surface area contributed by atoms with Gasteiger partial charge in [0.1, 0.15) is 6.61 Å². The lowest BCUT2D eigenvalue weighted by Gasteiger charge is -2.15. The van der Waals surface area contributed by atoms with Crippen molar-refractivity contribution < 1.29 is 9.47 Å². The predicted molar refractivity (Wildman–Crippen MR) is 112 cm³/mol. The van der Waals surface area contributed by atoms with Gasteiger partial charge in [0, 0.05) is 22.8 Å². The van der Waals surface area contributed by atoms with Gasteiger partial charge >= 0.3 is 0 Å². The van der Waals surface area contributed by atoms with Gasteiger partial charge in [0.05, 0.1) is 6.61 Å². The molecule has 3 nitrogen and oxygen atoms in total. The summed E-state index contributed by atoms with van der Waals surface area (Å²) in [5, 5.41) is 4.17. The summed E-state index contributed by atoms with van der Waals surface area (Å²) in [5.74, 6) is 1.46. The summed E-state index contributed by atoms with van der Waals surface area (Å²) in [6.45, 7) is 5.77. The molecule has 0 aliphatic carbocycles. The van der Waals surface area contributed by atoms with Crippen molar-refractivity contribution in [2.75, 3.05) is 11.9 Å². The SMILES string of the molecule is CCOc1cc(CNc2ccccc2C)ccc1OCc1ccccc1Cl. The van der Waals surface area contributed by atoms with Crippen molar-refractivity contribution in [2.45, 2.75) is 27.0 Å². The molecule has 3 rings (SSSR count). The van der Waals surface area contributed by atoms with Crippen molar-refractivity contribution in [3.05, 3.63) is 88.4 Å². The van der Waals surface area contributed by atoms with Crippen LogP contribution in [0.2, 0.25) is 5.02 Å². The molecule has 0 aromatic heterocycles. The Morgan fingerprint density at radius 1 is 0.889 bits per heavy atom. The molecule has 0 aliphatic heterocycles. The van der Waals surface area contributed by atoms with Crippen LogP contribution in [0.15, 0.2) is 66.7 Å². The van der Waals surface area contributed by atoms with Crippen LogP contribution in [0.3, 0.4) is 0 Å². The van der Waals surface area contributed by atoms with Gasteiger partial charge in [0.2, 0.25) is 0 Å². The van der Waals surface area contributed by atoms with Crippen LogP contribution < -0.4 is 14.8 Å². The second-order valence-corrected chi connectivity index (χ2v) is 6.67. The highest BCUT2D eigenvalue weighted by Crippen LogP contribution is 2.30. The van der Waals surface area contributed by atoms with E-state index in [-0.39, 0.29) is 0 Å². The monoisotopic (exact) mass is 381 g/mol. The van der Waals surface area contributed by atoms with Crippen LogP contribution in [0.1, 0.15) is 23.6 Å². The Balaban J connectivity index is 1.70. The number of benzene rings is 3. The molecule has 0 heterocycles. The predicted octanol–water partition coefficient (Wildman–Crippen LogP) is 6.24. The third-order valence-electron chi connectivity index (χ3n) is 4.28. The van der Waals surface area contributed by atoms with Gasteiger partial charge in [-0.1, -0.05) is 54.1 Å². The molecule has 3 aromatic rings. The van der Waals surface area contributed by atoms with Gasteiger partial charge < -0.3 is 14.8 Å². The van der Waals surface area contributed by atoms with E-state index in [1.807, 2.05) is 55.5 Å². The Morgan fingerprint density at radius 3 is 2.44 bits per heavy atom. The number of nitrogens with one attached hydrogen (secondary N) is 1. The number of para-hydroxylation sites is 1. The van der Waals surface area contributed by atoms with E-state index in [4.69, 9.17) is 21.1 Å². The Labute approximate surface area is 165 Å². The summed E-state index contributed by atoms with van der Waals surface area (Å²) >= 11 is 6.21. The van der Waals surface area contributed by atoms with Crippen molar-refractivity contribution in [3.8, 4) is 11.5 Å². The highest BCUT2D eigenvalue weighted by atomic mass is 35.5. The Morgan fingerprint density at radius 2 is 1.67 bits per heavy atom. The quantitative estimate of drug-likeness (QED) is 0.501. The Kier molecular flexibility index (Phi) is 6.61. The molecule has 0 aliphatic rings. The summed E-state index contributed by atoms with van der Waals surface area (Å²) < 4.78 is 11.7. The van der Waals surface area contributed by atoms with Crippen molar-refractivity contribution in [1.82, 2.24) is 0 Å². The summed E-state index contributed by atoms with van der Waals surface area (Å²) in [7, 11) is 0. The average Bonchev–Trinajstić information content (AvgIpc) is 2.68. The van der Waals surface area contributed by atoms with Crippen LogP contribution in [0.4, 0.5) is 5.69 Å². The molecule has 0 radical (unpaired) electrons. The number of halogens is 1. The van der Waals surface area contributed by atoms with E-state index in [0.29, 0.717) is 18.2 Å². The fourth-order valence-electron chi connectivity index (χ4n) is 2.79. The number of aryl methyl sites for hydroxylation is 1. The topological polar surface area (TPSA) is 30.5 Å². The smallest absolute Gasteiger partial charge is 0.161 e. The van der Waals surface area contributed by atoms with Crippen molar-refractivity contribution in [2.24, 2.45) is 0 Å². The molecule has 3 aromatic carbocycles. The molecule has 27 heavy (non-hydrogen) atoms. The molecule has 0 unspecified atom stereocenters. The van der Waals surface area contributed by atoms with E-state index >= 15 is 0 Å². The molecule has 1 N–H and O–H groups in total. The molecule has 140 valence electrons. The first-order chi connectivity index (χ1) is 13.2. The zero-order chi connectivity index (χ0) is 19.1. The standard InChI is InChI=1S/C23H24ClNO2/c1-3-26-23-14-18(15-25-21-11-7-4-8-17(21)2)12-13-22(23)27-16-19-9-5-6-10-20(19)24/h4-14,25H,3,15-16H2,1-2H3. The van der Waals surface area contributed by atoms with E-state index in [1.165, 1.54) is 5.56 Å². The van der Waals surface area contributed by atoms with Crippen LogP contribution in [0.25, 0.3) is 0 Å². The van der Waals surface area contributed by atoms with E-state index in [1.54, 1.807) is 0 Å². The maximum Gasteiger partial charge on any atom is 0.161 e. The lowest BCUT2D eigenvalue weighted by molar-refractivity contribution is 0.269. The first-order valence-electron chi connectivity index (χ1n) is 9.09. The minimum atomic E-state index is 0.403. The molecule has 0 saturated carbocycles. The molecule has 0 saturated heterocycles. The summed E-state index contributed by atoms with van der Waals surface area (Å²) in [6, 6.07) is 22.0. The molecule has 0 fully saturated rings. The average molecular weight is 382 g/mol. The van der Waals surface area contributed by atoms with Crippen molar-refractivity contribution >= 4 is 17.3 Å². The van der Waals surface area contributed by atoms with Gasteiger partial charge in [-0.3, -0.25) is 0 Å². The van der Waals surface area contributed by atoms with Gasteiger partial charge in [0.25, 0.3) is 0 Å². The zero-order valence-corrected chi connectivity index (χ0v) is 16.4. The lowest BCUT2D eigenvalue weighted by Crippen LogP contribution is -2.04. The second-order valence-electron chi connectivity index (χ2n) is 6.26. The van der Waals surface area contributed by atoms with E-state index < -0.39 is 0 Å². The molecular weight excluding hydrogens is 358 g/mol. The fourth-order valence-corrected chi connectivity index (χ4v) is 2.98. The van der Waals surface area contributed by atoms with Gasteiger partial charge in [0.15, 0.2) is 11.5 Å². The van der Waals surface area contributed by atoms with E-state index in [2.05, 4.69) is 30.4 Å². The largest absolute Gasteiger partial charge is 0.490 e. The van der Waals surface area contributed by atoms with Crippen LogP contribution in [0.5, 0.6) is 11.5 Å². The first-order valence-corrected chi connectivity index (χ1v) is 9.46. The molecule has 4 heteroatoms. The van der Waals surface area contributed by atoms with Crippen LogP contribution in [-0.2, 0) is 13.2 Å². The van der Waals surface area contributed by atoms with E-state index in [0.717, 1.165) is 34.9 Å². The number of anilines is 1. The molecular formula is C23H24ClNO2.